The largest absolute Gasteiger partial charge is 0.387 e. The maximum Gasteiger partial charge on any atom is 0.187 e. The van der Waals surface area contributed by atoms with Crippen LogP contribution in [0.15, 0.2) is 182 Å². The van der Waals surface area contributed by atoms with Gasteiger partial charge in [0.2, 0.25) is 0 Å². The maximum atomic E-state index is 12.5. The lowest BCUT2D eigenvalue weighted by molar-refractivity contribution is -0.372. The minimum atomic E-state index is -1.26. The van der Waals surface area contributed by atoms with Crippen LogP contribution in [0.5, 0.6) is 0 Å². The van der Waals surface area contributed by atoms with Crippen molar-refractivity contribution >= 4 is 0 Å². The summed E-state index contributed by atoms with van der Waals surface area (Å²) >= 11 is 0. The molecule has 0 amide bonds. The van der Waals surface area contributed by atoms with Gasteiger partial charge in [-0.05, 0) is 33.4 Å². The zero-order valence-electron chi connectivity index (χ0n) is 37.3. The second-order valence-corrected chi connectivity index (χ2v) is 16.5. The van der Waals surface area contributed by atoms with Crippen molar-refractivity contribution in [1.29, 1.82) is 0 Å². The normalized spacial score (nSPS) is 25.4. The van der Waals surface area contributed by atoms with Crippen molar-refractivity contribution in [2.75, 3.05) is 20.3 Å². The van der Waals surface area contributed by atoms with Crippen LogP contribution in [-0.2, 0) is 87.0 Å². The lowest BCUT2D eigenvalue weighted by Crippen LogP contribution is -2.66. The second-order valence-electron chi connectivity index (χ2n) is 16.5. The summed E-state index contributed by atoms with van der Waals surface area (Å²) in [7, 11) is 1.53. The number of hydrogen-bond donors (Lipinski definition) is 1. The van der Waals surface area contributed by atoms with E-state index < -0.39 is 61.4 Å². The fourth-order valence-corrected chi connectivity index (χ4v) is 8.21. The van der Waals surface area contributed by atoms with Crippen molar-refractivity contribution in [3.63, 3.8) is 0 Å². The Kier molecular flexibility index (Phi) is 18.0. The lowest BCUT2D eigenvalue weighted by Gasteiger charge is -2.49. The Hall–Kier alpha value is -5.12. The zero-order chi connectivity index (χ0) is 45.2. The van der Waals surface area contributed by atoms with Crippen molar-refractivity contribution in [1.82, 2.24) is 0 Å². The van der Waals surface area contributed by atoms with E-state index in [4.69, 9.17) is 47.4 Å². The van der Waals surface area contributed by atoms with Crippen LogP contribution in [0.25, 0.3) is 0 Å². The molecule has 2 aliphatic rings. The number of methoxy groups -OCH3 is 1. The van der Waals surface area contributed by atoms with Crippen LogP contribution in [0.2, 0.25) is 0 Å². The van der Waals surface area contributed by atoms with E-state index in [0.29, 0.717) is 13.2 Å². The van der Waals surface area contributed by atoms with Crippen molar-refractivity contribution in [3.8, 4) is 0 Å². The summed E-state index contributed by atoms with van der Waals surface area (Å²) in [6.07, 6.45) is -9.22. The predicted molar refractivity (Wildman–Crippen MR) is 247 cm³/mol. The standard InChI is InChI=1S/C55H60O11/c1-57-54-51(61-35-43-26-14-5-15-27-43)48(56)49(46(64-54)38-58-32-40-20-8-2-9-21-40)66-55-53(63-37-45-30-18-7-19-31-45)52(62-36-44-28-16-6-17-29-44)50(60-34-42-24-12-4-13-25-42)47(65-55)39-59-33-41-22-10-3-11-23-41/h2-31,46-56H,32-39H2,1H3/t46-,47-,48+,49+,50-,51-,52+,53-,54+,55?/m1/s1. The van der Waals surface area contributed by atoms with Crippen molar-refractivity contribution in [2.45, 2.75) is 101 Å². The summed E-state index contributed by atoms with van der Waals surface area (Å²) in [5, 5.41) is 12.5. The van der Waals surface area contributed by atoms with E-state index in [2.05, 4.69) is 0 Å². The minimum Gasteiger partial charge on any atom is -0.387 e. The highest BCUT2D eigenvalue weighted by Gasteiger charge is 2.54. The topological polar surface area (TPSA) is 113 Å². The van der Waals surface area contributed by atoms with Crippen LogP contribution in [0, 0.1) is 0 Å². The molecule has 6 aromatic rings. The van der Waals surface area contributed by atoms with Crippen molar-refractivity contribution in [2.24, 2.45) is 0 Å². The highest BCUT2D eigenvalue weighted by molar-refractivity contribution is 5.18. The SMILES string of the molecule is CO[C@H]1O[C@H](COCc2ccccc2)[C@H](OC2O[C@H](COCc3ccccc3)[C@@H](OCc3ccccc3)[C@H](OCc3ccccc3)[C@H]2OCc2ccccc2)[C@H](O)[C@H]1OCc1ccccc1. The Labute approximate surface area is 388 Å². The molecular formula is C55H60O11. The summed E-state index contributed by atoms with van der Waals surface area (Å²) in [5.41, 5.74) is 5.82. The van der Waals surface area contributed by atoms with E-state index >= 15 is 0 Å². The molecule has 0 bridgehead atoms. The van der Waals surface area contributed by atoms with Gasteiger partial charge in [0.05, 0.1) is 52.9 Å². The van der Waals surface area contributed by atoms with E-state index in [1.807, 2.05) is 182 Å². The molecule has 2 fully saturated rings. The van der Waals surface area contributed by atoms with Crippen LogP contribution >= 0.6 is 0 Å². The highest BCUT2D eigenvalue weighted by Crippen LogP contribution is 2.36. The van der Waals surface area contributed by atoms with Gasteiger partial charge in [-0.25, -0.2) is 0 Å². The first-order valence-corrected chi connectivity index (χ1v) is 22.6. The molecule has 11 heteroatoms. The number of ether oxygens (including phenoxy) is 10. The molecule has 1 N–H and O–H groups in total. The summed E-state index contributed by atoms with van der Waals surface area (Å²) in [5.74, 6) is 0. The monoisotopic (exact) mass is 896 g/mol. The van der Waals surface area contributed by atoms with Gasteiger partial charge in [0.25, 0.3) is 0 Å². The Morgan fingerprint density at radius 3 is 1.08 bits per heavy atom. The molecule has 0 aliphatic carbocycles. The van der Waals surface area contributed by atoms with Gasteiger partial charge in [-0.15, -0.1) is 0 Å². The molecule has 0 radical (unpaired) electrons. The molecule has 0 saturated carbocycles. The summed E-state index contributed by atoms with van der Waals surface area (Å²) in [4.78, 5) is 0. The smallest absolute Gasteiger partial charge is 0.187 e. The van der Waals surface area contributed by atoms with Crippen LogP contribution in [0.4, 0.5) is 0 Å². The fourth-order valence-electron chi connectivity index (χ4n) is 8.21. The second kappa shape index (κ2) is 25.1. The highest BCUT2D eigenvalue weighted by atomic mass is 16.8. The van der Waals surface area contributed by atoms with E-state index in [9.17, 15) is 5.11 Å². The summed E-state index contributed by atoms with van der Waals surface area (Å²) in [6, 6.07) is 59.5. The number of benzene rings is 6. The molecule has 6 aromatic carbocycles. The molecule has 0 spiro atoms. The number of aliphatic hydroxyl groups is 1. The molecule has 10 atom stereocenters. The van der Waals surface area contributed by atoms with Crippen molar-refractivity contribution in [3.05, 3.63) is 215 Å². The van der Waals surface area contributed by atoms with Gasteiger partial charge < -0.3 is 52.5 Å². The number of aliphatic hydroxyl groups excluding tert-OH is 1. The Bertz CT molecular complexity index is 2220. The lowest BCUT2D eigenvalue weighted by atomic mass is 9.96. The molecule has 8 rings (SSSR count). The van der Waals surface area contributed by atoms with Gasteiger partial charge in [-0.2, -0.15) is 0 Å². The third kappa shape index (κ3) is 13.5. The Morgan fingerprint density at radius 1 is 0.364 bits per heavy atom. The average Bonchev–Trinajstić information content (AvgIpc) is 3.37. The maximum absolute atomic E-state index is 12.5. The van der Waals surface area contributed by atoms with Crippen LogP contribution in [0.1, 0.15) is 33.4 Å². The van der Waals surface area contributed by atoms with Crippen molar-refractivity contribution < 1.29 is 52.5 Å². The van der Waals surface area contributed by atoms with Gasteiger partial charge in [-0.3, -0.25) is 0 Å². The van der Waals surface area contributed by atoms with Crippen LogP contribution in [0.3, 0.4) is 0 Å². The minimum absolute atomic E-state index is 0.0600. The molecule has 2 saturated heterocycles. The first-order chi connectivity index (χ1) is 32.6. The van der Waals surface area contributed by atoms with E-state index in [-0.39, 0.29) is 39.6 Å². The summed E-state index contributed by atoms with van der Waals surface area (Å²) < 4.78 is 66.5. The molecule has 0 aromatic heterocycles. The van der Waals surface area contributed by atoms with Gasteiger partial charge >= 0.3 is 0 Å². The predicted octanol–water partition coefficient (Wildman–Crippen LogP) is 8.60. The average molecular weight is 897 g/mol. The third-order valence-corrected chi connectivity index (χ3v) is 11.7. The van der Waals surface area contributed by atoms with Gasteiger partial charge in [0, 0.05) is 7.11 Å². The molecule has 1 unspecified atom stereocenters. The fraction of sp³-hybridized carbons (Fsp3) is 0.345. The van der Waals surface area contributed by atoms with Crippen LogP contribution in [-0.4, -0.2) is 86.8 Å². The first kappa shape index (κ1) is 47.4. The van der Waals surface area contributed by atoms with E-state index in [1.54, 1.807) is 0 Å². The number of hydrogen-bond acceptors (Lipinski definition) is 11. The third-order valence-electron chi connectivity index (χ3n) is 11.7. The van der Waals surface area contributed by atoms with Gasteiger partial charge in [0.15, 0.2) is 12.6 Å². The molecule has 66 heavy (non-hydrogen) atoms. The Balaban J connectivity index is 1.14. The number of rotatable bonds is 23. The van der Waals surface area contributed by atoms with Gasteiger partial charge in [0.1, 0.15) is 48.8 Å². The molecule has 2 heterocycles. The van der Waals surface area contributed by atoms with E-state index in [0.717, 1.165) is 33.4 Å². The quantitative estimate of drug-likeness (QED) is 0.0668. The molecule has 346 valence electrons. The van der Waals surface area contributed by atoms with Gasteiger partial charge in [-0.1, -0.05) is 182 Å². The molecular weight excluding hydrogens is 837 g/mol. The zero-order valence-corrected chi connectivity index (χ0v) is 37.3. The first-order valence-electron chi connectivity index (χ1n) is 22.6. The van der Waals surface area contributed by atoms with Crippen LogP contribution < -0.4 is 0 Å². The Morgan fingerprint density at radius 2 is 0.682 bits per heavy atom. The molecule has 11 nitrogen and oxygen atoms in total. The molecule has 2 aliphatic heterocycles. The summed E-state index contributed by atoms with van der Waals surface area (Å²) in [6.45, 7) is 1.79. The van der Waals surface area contributed by atoms with E-state index in [1.165, 1.54) is 7.11 Å².